The Labute approximate surface area is 156 Å². The van der Waals surface area contributed by atoms with Gasteiger partial charge in [-0.3, -0.25) is 4.79 Å². The minimum absolute atomic E-state index is 0.190. The van der Waals surface area contributed by atoms with Gasteiger partial charge in [-0.05, 0) is 67.1 Å². The molecule has 2 aromatic carbocycles. The highest BCUT2D eigenvalue weighted by atomic mass is 35.5. The Balaban J connectivity index is 1.68. The molecule has 0 spiro atoms. The molecule has 0 fully saturated rings. The molecule has 1 aromatic heterocycles. The van der Waals surface area contributed by atoms with Crippen molar-refractivity contribution in [2.75, 3.05) is 5.32 Å². The Bertz CT molecular complexity index is 977. The van der Waals surface area contributed by atoms with E-state index >= 15 is 0 Å². The number of rotatable bonds is 2. The van der Waals surface area contributed by atoms with E-state index in [-0.39, 0.29) is 5.91 Å². The highest BCUT2D eigenvalue weighted by Gasteiger charge is 2.20. The molecule has 1 aliphatic rings. The molecule has 0 saturated heterocycles. The van der Waals surface area contributed by atoms with Crippen LogP contribution in [0.15, 0.2) is 36.4 Å². The lowest BCUT2D eigenvalue weighted by Gasteiger charge is -2.18. The summed E-state index contributed by atoms with van der Waals surface area (Å²) < 4.78 is 0. The molecule has 1 amide bonds. The van der Waals surface area contributed by atoms with Crippen molar-refractivity contribution in [1.29, 1.82) is 0 Å². The number of anilines is 1. The van der Waals surface area contributed by atoms with Crippen molar-refractivity contribution in [2.24, 2.45) is 5.92 Å². The molecule has 0 unspecified atom stereocenters. The van der Waals surface area contributed by atoms with Crippen molar-refractivity contribution in [3.8, 4) is 0 Å². The molecule has 2 N–H and O–H groups in total. The van der Waals surface area contributed by atoms with Gasteiger partial charge in [-0.2, -0.15) is 0 Å². The average molecular weight is 373 g/mol. The van der Waals surface area contributed by atoms with Gasteiger partial charge in [0.05, 0.1) is 10.7 Å². The van der Waals surface area contributed by atoms with E-state index in [0.717, 1.165) is 23.7 Å². The van der Waals surface area contributed by atoms with Crippen LogP contribution in [0.25, 0.3) is 10.9 Å². The minimum atomic E-state index is -0.190. The molecule has 0 aliphatic heterocycles. The first-order valence-electron chi connectivity index (χ1n) is 8.41. The van der Waals surface area contributed by atoms with Crippen molar-refractivity contribution in [3.05, 3.63) is 63.3 Å². The molecular weight excluding hydrogens is 355 g/mol. The number of benzene rings is 2. The topological polar surface area (TPSA) is 44.9 Å². The van der Waals surface area contributed by atoms with Crippen molar-refractivity contribution in [2.45, 2.75) is 26.2 Å². The number of carbonyl (C=O) groups is 1. The second-order valence-electron chi connectivity index (χ2n) is 6.77. The van der Waals surface area contributed by atoms with Gasteiger partial charge in [-0.15, -0.1) is 0 Å². The van der Waals surface area contributed by atoms with E-state index in [1.165, 1.54) is 17.7 Å². The van der Waals surface area contributed by atoms with E-state index in [2.05, 4.69) is 17.2 Å². The summed E-state index contributed by atoms with van der Waals surface area (Å²) in [6.07, 6.45) is 3.34. The summed E-state index contributed by atoms with van der Waals surface area (Å²) in [6.45, 7) is 2.28. The number of H-pyrrole nitrogens is 1. The van der Waals surface area contributed by atoms with Crippen molar-refractivity contribution < 1.29 is 4.79 Å². The van der Waals surface area contributed by atoms with Crippen LogP contribution in [0.1, 0.15) is 35.0 Å². The molecule has 1 atom stereocenters. The highest BCUT2D eigenvalue weighted by Crippen LogP contribution is 2.32. The van der Waals surface area contributed by atoms with Gasteiger partial charge < -0.3 is 10.3 Å². The summed E-state index contributed by atoms with van der Waals surface area (Å²) in [4.78, 5) is 16.2. The number of aromatic amines is 1. The molecule has 0 bridgehead atoms. The van der Waals surface area contributed by atoms with Crippen LogP contribution in [0.3, 0.4) is 0 Å². The maximum atomic E-state index is 12.7. The number of hydrogen-bond acceptors (Lipinski definition) is 1. The first-order chi connectivity index (χ1) is 12.0. The predicted octanol–water partition coefficient (Wildman–Crippen LogP) is 5.85. The van der Waals surface area contributed by atoms with E-state index in [1.54, 1.807) is 18.2 Å². The maximum Gasteiger partial charge on any atom is 0.255 e. The van der Waals surface area contributed by atoms with Gasteiger partial charge in [-0.1, -0.05) is 30.1 Å². The first-order valence-corrected chi connectivity index (χ1v) is 9.17. The molecule has 4 rings (SSSR count). The summed E-state index contributed by atoms with van der Waals surface area (Å²) in [5.41, 5.74) is 4.89. The lowest BCUT2D eigenvalue weighted by Crippen LogP contribution is -2.12. The summed E-state index contributed by atoms with van der Waals surface area (Å²) in [5, 5.41) is 4.99. The summed E-state index contributed by atoms with van der Waals surface area (Å²) in [7, 11) is 0. The van der Waals surface area contributed by atoms with Crippen LogP contribution in [-0.2, 0) is 12.8 Å². The van der Waals surface area contributed by atoms with Crippen LogP contribution in [0, 0.1) is 5.92 Å². The lowest BCUT2D eigenvalue weighted by molar-refractivity contribution is 0.102. The van der Waals surface area contributed by atoms with E-state index in [9.17, 15) is 4.79 Å². The second-order valence-corrected chi connectivity index (χ2v) is 7.61. The number of fused-ring (bicyclic) bond motifs is 3. The fourth-order valence-electron chi connectivity index (χ4n) is 3.52. The van der Waals surface area contributed by atoms with Crippen molar-refractivity contribution >= 4 is 45.7 Å². The zero-order valence-corrected chi connectivity index (χ0v) is 15.3. The molecule has 1 heterocycles. The molecular formula is C20H18Cl2N2O. The van der Waals surface area contributed by atoms with Gasteiger partial charge in [0, 0.05) is 27.2 Å². The number of amides is 1. The zero-order chi connectivity index (χ0) is 17.6. The molecule has 0 saturated carbocycles. The van der Waals surface area contributed by atoms with Crippen LogP contribution in [0.2, 0.25) is 10.0 Å². The highest BCUT2D eigenvalue weighted by molar-refractivity contribution is 6.35. The van der Waals surface area contributed by atoms with Crippen LogP contribution in [-0.4, -0.2) is 10.9 Å². The van der Waals surface area contributed by atoms with Crippen LogP contribution >= 0.6 is 23.2 Å². The van der Waals surface area contributed by atoms with Gasteiger partial charge in [-0.25, -0.2) is 0 Å². The minimum Gasteiger partial charge on any atom is -0.358 e. The third kappa shape index (κ3) is 3.14. The van der Waals surface area contributed by atoms with Gasteiger partial charge in [0.2, 0.25) is 0 Å². The fraction of sp³-hybridized carbons (Fsp3) is 0.250. The SMILES string of the molecule is C[C@H]1CCc2[nH]c3ccc(C(=O)Nc4cc(Cl)ccc4Cl)cc3c2C1. The standard InChI is InChI=1S/C20H18Cl2N2O/c1-11-2-6-17-14(8-11)15-9-12(3-7-18(15)23-17)20(25)24-19-10-13(21)4-5-16(19)22/h3-5,7,9-11,23H,2,6,8H2,1H3,(H,24,25)/t11-/m0/s1. The molecule has 3 nitrogen and oxygen atoms in total. The summed E-state index contributed by atoms with van der Waals surface area (Å²) in [5.74, 6) is 0.485. The smallest absolute Gasteiger partial charge is 0.255 e. The van der Waals surface area contributed by atoms with Gasteiger partial charge in [0.1, 0.15) is 0 Å². The molecule has 5 heteroatoms. The van der Waals surface area contributed by atoms with Gasteiger partial charge >= 0.3 is 0 Å². The largest absolute Gasteiger partial charge is 0.358 e. The van der Waals surface area contributed by atoms with Crippen LogP contribution in [0.5, 0.6) is 0 Å². The van der Waals surface area contributed by atoms with Gasteiger partial charge in [0.25, 0.3) is 5.91 Å². The Morgan fingerprint density at radius 2 is 2.04 bits per heavy atom. The quantitative estimate of drug-likeness (QED) is 0.581. The summed E-state index contributed by atoms with van der Waals surface area (Å²) >= 11 is 12.1. The third-order valence-electron chi connectivity index (χ3n) is 4.87. The number of halogens is 2. The molecule has 128 valence electrons. The zero-order valence-electron chi connectivity index (χ0n) is 13.8. The van der Waals surface area contributed by atoms with E-state index in [1.807, 2.05) is 18.2 Å². The summed E-state index contributed by atoms with van der Waals surface area (Å²) in [6, 6.07) is 10.8. The fourth-order valence-corrected chi connectivity index (χ4v) is 3.86. The average Bonchev–Trinajstić information content (AvgIpc) is 2.95. The predicted molar refractivity (Wildman–Crippen MR) is 104 cm³/mol. The number of aromatic nitrogens is 1. The van der Waals surface area contributed by atoms with E-state index in [4.69, 9.17) is 23.2 Å². The second kappa shape index (κ2) is 6.40. The molecule has 3 aromatic rings. The maximum absolute atomic E-state index is 12.7. The lowest BCUT2D eigenvalue weighted by atomic mass is 9.87. The van der Waals surface area contributed by atoms with Crippen LogP contribution in [0.4, 0.5) is 5.69 Å². The van der Waals surface area contributed by atoms with Gasteiger partial charge in [0.15, 0.2) is 0 Å². The molecule has 1 aliphatic carbocycles. The molecule has 25 heavy (non-hydrogen) atoms. The van der Waals surface area contributed by atoms with Crippen LogP contribution < -0.4 is 5.32 Å². The Morgan fingerprint density at radius 3 is 2.88 bits per heavy atom. The monoisotopic (exact) mass is 372 g/mol. The number of nitrogens with one attached hydrogen (secondary N) is 2. The Kier molecular flexibility index (Phi) is 4.22. The third-order valence-corrected chi connectivity index (χ3v) is 5.44. The Morgan fingerprint density at radius 1 is 1.20 bits per heavy atom. The number of carbonyl (C=O) groups excluding carboxylic acids is 1. The van der Waals surface area contributed by atoms with E-state index in [0.29, 0.717) is 27.2 Å². The normalized spacial score (nSPS) is 16.7. The van der Waals surface area contributed by atoms with E-state index < -0.39 is 0 Å². The van der Waals surface area contributed by atoms with Crippen molar-refractivity contribution in [3.63, 3.8) is 0 Å². The molecule has 0 radical (unpaired) electrons. The Hall–Kier alpha value is -1.97. The number of aryl methyl sites for hydroxylation is 1. The first kappa shape index (κ1) is 16.5. The van der Waals surface area contributed by atoms with Crippen molar-refractivity contribution in [1.82, 2.24) is 4.98 Å². The number of hydrogen-bond donors (Lipinski definition) is 2.